The molecule has 0 bridgehead atoms. The monoisotopic (exact) mass is 226 g/mol. The Morgan fingerprint density at radius 2 is 2.31 bits per heavy atom. The van der Waals surface area contributed by atoms with E-state index in [0.29, 0.717) is 6.10 Å². The molecule has 1 amide bonds. The first-order valence-corrected chi connectivity index (χ1v) is 6.46. The van der Waals surface area contributed by atoms with Gasteiger partial charge in [-0.1, -0.05) is 0 Å². The van der Waals surface area contributed by atoms with E-state index in [1.165, 1.54) is 6.42 Å². The highest BCUT2D eigenvalue weighted by Crippen LogP contribution is 2.15. The van der Waals surface area contributed by atoms with Gasteiger partial charge in [0.2, 0.25) is 5.91 Å². The van der Waals surface area contributed by atoms with Crippen molar-refractivity contribution in [3.63, 3.8) is 0 Å². The minimum Gasteiger partial charge on any atom is -0.378 e. The van der Waals surface area contributed by atoms with Crippen LogP contribution in [0.15, 0.2) is 0 Å². The van der Waals surface area contributed by atoms with Gasteiger partial charge in [-0.3, -0.25) is 4.79 Å². The highest BCUT2D eigenvalue weighted by Gasteiger charge is 2.21. The van der Waals surface area contributed by atoms with E-state index in [4.69, 9.17) is 4.74 Å². The Labute approximate surface area is 97.1 Å². The van der Waals surface area contributed by atoms with Crippen molar-refractivity contribution in [3.05, 3.63) is 0 Å². The van der Waals surface area contributed by atoms with Crippen molar-refractivity contribution in [3.8, 4) is 0 Å². The first kappa shape index (κ1) is 11.9. The summed E-state index contributed by atoms with van der Waals surface area (Å²) in [6.45, 7) is 3.55. The van der Waals surface area contributed by atoms with Crippen molar-refractivity contribution in [2.45, 2.75) is 38.2 Å². The van der Waals surface area contributed by atoms with Gasteiger partial charge in [0.1, 0.15) is 0 Å². The Morgan fingerprint density at radius 3 is 3.00 bits per heavy atom. The van der Waals surface area contributed by atoms with Crippen LogP contribution in [0.3, 0.4) is 0 Å². The maximum absolute atomic E-state index is 11.8. The standard InChI is InChI=1S/C12H22N2O2/c15-12(10-3-1-6-13-9-10)14-7-5-11-4-2-8-16-11/h10-11,13H,1-9H2,(H,14,15)/t10-,11?/m0/s1. The summed E-state index contributed by atoms with van der Waals surface area (Å²) in [7, 11) is 0. The molecule has 0 aromatic heterocycles. The molecule has 2 N–H and O–H groups in total. The van der Waals surface area contributed by atoms with Gasteiger partial charge in [0.05, 0.1) is 12.0 Å². The largest absolute Gasteiger partial charge is 0.378 e. The third kappa shape index (κ3) is 3.46. The summed E-state index contributed by atoms with van der Waals surface area (Å²) in [5, 5.41) is 6.28. The number of carbonyl (C=O) groups excluding carboxylic acids is 1. The van der Waals surface area contributed by atoms with E-state index in [1.54, 1.807) is 0 Å². The van der Waals surface area contributed by atoms with Gasteiger partial charge < -0.3 is 15.4 Å². The first-order chi connectivity index (χ1) is 7.86. The van der Waals surface area contributed by atoms with Crippen LogP contribution in [0.25, 0.3) is 0 Å². The fraction of sp³-hybridized carbons (Fsp3) is 0.917. The quantitative estimate of drug-likeness (QED) is 0.741. The topological polar surface area (TPSA) is 50.4 Å². The predicted octanol–water partition coefficient (Wildman–Crippen LogP) is 0.671. The zero-order chi connectivity index (χ0) is 11.2. The van der Waals surface area contributed by atoms with E-state index in [9.17, 15) is 4.79 Å². The number of hydrogen-bond donors (Lipinski definition) is 2. The van der Waals surface area contributed by atoms with Crippen molar-refractivity contribution in [1.29, 1.82) is 0 Å². The minimum atomic E-state index is 0.179. The Bertz CT molecular complexity index is 221. The van der Waals surface area contributed by atoms with Gasteiger partial charge in [-0.2, -0.15) is 0 Å². The van der Waals surface area contributed by atoms with E-state index in [0.717, 1.165) is 51.9 Å². The van der Waals surface area contributed by atoms with Crippen LogP contribution in [0.1, 0.15) is 32.1 Å². The summed E-state index contributed by atoms with van der Waals surface area (Å²) in [4.78, 5) is 11.8. The van der Waals surface area contributed by atoms with Crippen LogP contribution in [0.2, 0.25) is 0 Å². The molecule has 16 heavy (non-hydrogen) atoms. The van der Waals surface area contributed by atoms with Gasteiger partial charge in [-0.15, -0.1) is 0 Å². The second kappa shape index (κ2) is 6.21. The highest BCUT2D eigenvalue weighted by molar-refractivity contribution is 5.78. The molecule has 0 aliphatic carbocycles. The van der Waals surface area contributed by atoms with Gasteiger partial charge in [0.15, 0.2) is 0 Å². The number of hydrogen-bond acceptors (Lipinski definition) is 3. The van der Waals surface area contributed by atoms with E-state index in [1.807, 2.05) is 0 Å². The molecule has 2 saturated heterocycles. The second-order valence-corrected chi connectivity index (χ2v) is 4.76. The van der Waals surface area contributed by atoms with Crippen molar-refractivity contribution >= 4 is 5.91 Å². The molecule has 2 rings (SSSR count). The molecule has 2 heterocycles. The van der Waals surface area contributed by atoms with Gasteiger partial charge in [0, 0.05) is 19.7 Å². The van der Waals surface area contributed by atoms with Crippen molar-refractivity contribution in [2.24, 2.45) is 5.92 Å². The lowest BCUT2D eigenvalue weighted by Gasteiger charge is -2.22. The minimum absolute atomic E-state index is 0.179. The summed E-state index contributed by atoms with van der Waals surface area (Å²) in [6.07, 6.45) is 5.81. The fourth-order valence-corrected chi connectivity index (χ4v) is 2.45. The molecular formula is C12H22N2O2. The molecule has 2 fully saturated rings. The normalized spacial score (nSPS) is 30.2. The molecule has 0 radical (unpaired) electrons. The molecule has 2 atom stereocenters. The van der Waals surface area contributed by atoms with Crippen LogP contribution < -0.4 is 10.6 Å². The molecule has 0 spiro atoms. The van der Waals surface area contributed by atoms with Crippen molar-refractivity contribution in [1.82, 2.24) is 10.6 Å². The lowest BCUT2D eigenvalue weighted by Crippen LogP contribution is -2.41. The average Bonchev–Trinajstić information content (AvgIpc) is 2.83. The Hall–Kier alpha value is -0.610. The van der Waals surface area contributed by atoms with Crippen LogP contribution in [0.5, 0.6) is 0 Å². The number of carbonyl (C=O) groups is 1. The maximum Gasteiger partial charge on any atom is 0.224 e. The summed E-state index contributed by atoms with van der Waals surface area (Å²) in [5.41, 5.74) is 0. The van der Waals surface area contributed by atoms with Gasteiger partial charge in [-0.25, -0.2) is 0 Å². The summed E-state index contributed by atoms with van der Waals surface area (Å²) in [5.74, 6) is 0.392. The molecule has 0 aromatic rings. The summed E-state index contributed by atoms with van der Waals surface area (Å²) < 4.78 is 5.52. The lowest BCUT2D eigenvalue weighted by molar-refractivity contribution is -0.125. The molecule has 4 nitrogen and oxygen atoms in total. The summed E-state index contributed by atoms with van der Waals surface area (Å²) in [6, 6.07) is 0. The van der Waals surface area contributed by atoms with Crippen LogP contribution in [-0.4, -0.2) is 38.3 Å². The summed E-state index contributed by atoms with van der Waals surface area (Å²) >= 11 is 0. The van der Waals surface area contributed by atoms with Crippen LogP contribution >= 0.6 is 0 Å². The van der Waals surface area contributed by atoms with Gasteiger partial charge in [0.25, 0.3) is 0 Å². The highest BCUT2D eigenvalue weighted by atomic mass is 16.5. The number of amides is 1. The number of ether oxygens (including phenoxy) is 1. The molecular weight excluding hydrogens is 204 g/mol. The smallest absolute Gasteiger partial charge is 0.224 e. The zero-order valence-corrected chi connectivity index (χ0v) is 9.84. The van der Waals surface area contributed by atoms with Crippen molar-refractivity contribution in [2.75, 3.05) is 26.2 Å². The third-order valence-corrected chi connectivity index (χ3v) is 3.46. The maximum atomic E-state index is 11.8. The van der Waals surface area contributed by atoms with E-state index < -0.39 is 0 Å². The van der Waals surface area contributed by atoms with Crippen LogP contribution in [-0.2, 0) is 9.53 Å². The molecule has 4 heteroatoms. The first-order valence-electron chi connectivity index (χ1n) is 6.46. The third-order valence-electron chi connectivity index (χ3n) is 3.46. The number of nitrogens with one attached hydrogen (secondary N) is 2. The zero-order valence-electron chi connectivity index (χ0n) is 9.84. The Kier molecular flexibility index (Phi) is 4.60. The SMILES string of the molecule is O=C(NCCC1CCCO1)[C@H]1CCCNC1. The van der Waals surface area contributed by atoms with Gasteiger partial charge >= 0.3 is 0 Å². The molecule has 92 valence electrons. The van der Waals surface area contributed by atoms with Crippen LogP contribution in [0.4, 0.5) is 0 Å². The van der Waals surface area contributed by atoms with E-state index >= 15 is 0 Å². The number of piperidine rings is 1. The van der Waals surface area contributed by atoms with Gasteiger partial charge in [-0.05, 0) is 38.6 Å². The van der Waals surface area contributed by atoms with E-state index in [-0.39, 0.29) is 11.8 Å². The molecule has 2 aliphatic heterocycles. The molecule has 0 aromatic carbocycles. The average molecular weight is 226 g/mol. The molecule has 1 unspecified atom stereocenters. The number of rotatable bonds is 4. The Balaban J connectivity index is 1.59. The van der Waals surface area contributed by atoms with E-state index in [2.05, 4.69) is 10.6 Å². The second-order valence-electron chi connectivity index (χ2n) is 4.76. The molecule has 0 saturated carbocycles. The lowest BCUT2D eigenvalue weighted by atomic mass is 9.99. The van der Waals surface area contributed by atoms with Crippen LogP contribution in [0, 0.1) is 5.92 Å². The Morgan fingerprint density at radius 1 is 1.38 bits per heavy atom. The van der Waals surface area contributed by atoms with Crippen molar-refractivity contribution < 1.29 is 9.53 Å². The molecule has 2 aliphatic rings. The fourth-order valence-electron chi connectivity index (χ4n) is 2.45. The predicted molar refractivity (Wildman–Crippen MR) is 62.2 cm³/mol.